The van der Waals surface area contributed by atoms with E-state index >= 15 is 0 Å². The molecule has 12 rings (SSSR count). The van der Waals surface area contributed by atoms with Gasteiger partial charge in [-0.2, -0.15) is 0 Å². The fourth-order valence-electron chi connectivity index (χ4n) is 10.4. The van der Waals surface area contributed by atoms with Crippen molar-refractivity contribution >= 4 is 116 Å². The second-order valence-electron chi connectivity index (χ2n) is 17.7. The molecule has 0 amide bonds. The SMILES string of the molecule is CN1C=CC=C(c2c3nc(c(C4=Cc5ccccc5N(C)C4)c4ccc([nH]4)c(C4=Cc5ccccc5N(C)C4)c4nc(c(C5=Cc6ccccc6N(C)C5)c5ccc2[nH]5)C=C4)C=C3)C1.Cl. The van der Waals surface area contributed by atoms with E-state index in [9.17, 15) is 0 Å². The molecule has 0 saturated heterocycles. The van der Waals surface area contributed by atoms with Gasteiger partial charge in [0.05, 0.1) is 22.8 Å². The fourth-order valence-corrected chi connectivity index (χ4v) is 10.4. The van der Waals surface area contributed by atoms with Gasteiger partial charge in [0.15, 0.2) is 0 Å². The van der Waals surface area contributed by atoms with Crippen molar-refractivity contribution in [3.05, 3.63) is 177 Å². The van der Waals surface area contributed by atoms with E-state index < -0.39 is 0 Å². The number of hydrogen-bond acceptors (Lipinski definition) is 6. The summed E-state index contributed by atoms with van der Waals surface area (Å²) in [7, 11) is 8.67. The van der Waals surface area contributed by atoms with Gasteiger partial charge in [0.25, 0.3) is 0 Å². The summed E-state index contributed by atoms with van der Waals surface area (Å²) in [6.45, 7) is 2.98. The Labute approximate surface area is 385 Å². The zero-order chi connectivity index (χ0) is 43.1. The van der Waals surface area contributed by atoms with Crippen LogP contribution in [0.15, 0.2) is 115 Å². The summed E-state index contributed by atoms with van der Waals surface area (Å²) in [5.41, 5.74) is 24.2. The maximum atomic E-state index is 5.65. The van der Waals surface area contributed by atoms with Crippen LogP contribution in [0.2, 0.25) is 0 Å². The van der Waals surface area contributed by atoms with Gasteiger partial charge in [-0.05, 0) is 136 Å². The van der Waals surface area contributed by atoms with E-state index in [1.165, 1.54) is 56.0 Å². The average Bonchev–Trinajstić information content (AvgIpc) is 4.15. The van der Waals surface area contributed by atoms with E-state index in [0.29, 0.717) is 0 Å². The first-order valence-corrected chi connectivity index (χ1v) is 22.1. The van der Waals surface area contributed by atoms with Crippen molar-refractivity contribution in [3.63, 3.8) is 0 Å². The first-order valence-electron chi connectivity index (χ1n) is 22.1. The quantitative estimate of drug-likeness (QED) is 0.184. The van der Waals surface area contributed by atoms with E-state index in [0.717, 1.165) is 93.3 Å². The van der Waals surface area contributed by atoms with E-state index in [1.54, 1.807) is 0 Å². The number of nitrogens with zero attached hydrogens (tertiary/aromatic N) is 6. The van der Waals surface area contributed by atoms with Gasteiger partial charge in [-0.1, -0.05) is 60.7 Å². The highest BCUT2D eigenvalue weighted by Crippen LogP contribution is 2.41. The van der Waals surface area contributed by atoms with Crippen molar-refractivity contribution in [1.82, 2.24) is 24.8 Å². The zero-order valence-corrected chi connectivity index (χ0v) is 37.7. The lowest BCUT2D eigenvalue weighted by atomic mass is 9.96. The number of H-pyrrole nitrogens is 2. The molecule has 6 aliphatic rings. The van der Waals surface area contributed by atoms with E-state index in [1.807, 2.05) is 0 Å². The van der Waals surface area contributed by atoms with Crippen molar-refractivity contribution in [1.29, 1.82) is 0 Å². The number of aromatic nitrogens is 4. The maximum absolute atomic E-state index is 5.65. The Hall–Kier alpha value is -7.55. The van der Waals surface area contributed by atoms with Crippen molar-refractivity contribution in [3.8, 4) is 0 Å². The minimum Gasteiger partial charge on any atom is -0.376 e. The molecule has 3 aromatic carbocycles. The smallest absolute Gasteiger partial charge is 0.0734 e. The molecule has 8 bridgehead atoms. The Morgan fingerprint density at radius 1 is 0.415 bits per heavy atom. The molecule has 320 valence electrons. The highest BCUT2D eigenvalue weighted by molar-refractivity contribution is 6.04. The van der Waals surface area contributed by atoms with Crippen molar-refractivity contribution in [2.45, 2.75) is 0 Å². The monoisotopic (exact) mass is 868 g/mol. The highest BCUT2D eigenvalue weighted by Gasteiger charge is 2.26. The largest absolute Gasteiger partial charge is 0.376 e. The van der Waals surface area contributed by atoms with Crippen LogP contribution in [0.25, 0.3) is 86.9 Å². The van der Waals surface area contributed by atoms with Gasteiger partial charge in [-0.25, -0.2) is 9.97 Å². The van der Waals surface area contributed by atoms with Crippen LogP contribution in [0.3, 0.4) is 0 Å². The Morgan fingerprint density at radius 2 is 0.754 bits per heavy atom. The van der Waals surface area contributed by atoms with Crippen LogP contribution in [0, 0.1) is 0 Å². The molecule has 0 atom stereocenters. The Kier molecular flexibility index (Phi) is 9.85. The van der Waals surface area contributed by atoms with Crippen LogP contribution < -0.4 is 14.7 Å². The number of hydrogen-bond donors (Lipinski definition) is 2. The molecule has 0 fully saturated rings. The van der Waals surface area contributed by atoms with Crippen LogP contribution in [0.4, 0.5) is 17.1 Å². The summed E-state index contributed by atoms with van der Waals surface area (Å²) in [6, 6.07) is 34.9. The lowest BCUT2D eigenvalue weighted by Crippen LogP contribution is -2.23. The number of benzene rings is 3. The van der Waals surface area contributed by atoms with Gasteiger partial charge >= 0.3 is 0 Å². The van der Waals surface area contributed by atoms with Gasteiger partial charge < -0.3 is 29.6 Å². The molecule has 6 aliphatic heterocycles. The Bertz CT molecular complexity index is 3300. The van der Waals surface area contributed by atoms with Crippen molar-refractivity contribution < 1.29 is 0 Å². The molecule has 65 heavy (non-hydrogen) atoms. The molecule has 0 radical (unpaired) electrons. The third-order valence-electron chi connectivity index (χ3n) is 13.4. The predicted molar refractivity (Wildman–Crippen MR) is 279 cm³/mol. The molecule has 6 aromatic rings. The van der Waals surface area contributed by atoms with E-state index in [2.05, 4.69) is 216 Å². The van der Waals surface area contributed by atoms with E-state index in [4.69, 9.17) is 9.97 Å². The minimum atomic E-state index is 0. The summed E-state index contributed by atoms with van der Waals surface area (Å²) in [5, 5.41) is 0. The van der Waals surface area contributed by atoms with Gasteiger partial charge in [0, 0.05) is 116 Å². The number of nitrogens with one attached hydrogen (secondary N) is 2. The second kappa shape index (κ2) is 15.9. The Morgan fingerprint density at radius 3 is 1.11 bits per heavy atom. The number of para-hydroxylation sites is 3. The fraction of sp³-hybridized carbons (Fsp3) is 0.143. The molecule has 2 N–H and O–H groups in total. The molecule has 0 unspecified atom stereocenters. The molecule has 9 heterocycles. The molecule has 0 saturated carbocycles. The summed E-state index contributed by atoms with van der Waals surface area (Å²) in [6.07, 6.45) is 22.4. The van der Waals surface area contributed by atoms with Gasteiger partial charge in [-0.15, -0.1) is 12.4 Å². The molecule has 8 nitrogen and oxygen atoms in total. The number of anilines is 3. The molecule has 0 spiro atoms. The lowest BCUT2D eigenvalue weighted by molar-refractivity contribution is 0.513. The molecule has 0 aliphatic carbocycles. The van der Waals surface area contributed by atoms with Crippen LogP contribution in [-0.2, 0) is 0 Å². The number of allylic oxidation sites excluding steroid dienone is 2. The highest BCUT2D eigenvalue weighted by atomic mass is 35.5. The molecule has 3 aromatic heterocycles. The third-order valence-corrected chi connectivity index (χ3v) is 13.4. The lowest BCUT2D eigenvalue weighted by Gasteiger charge is -2.28. The van der Waals surface area contributed by atoms with Crippen LogP contribution in [0.1, 0.15) is 61.7 Å². The third kappa shape index (κ3) is 6.93. The number of halogens is 1. The summed E-state index contributed by atoms with van der Waals surface area (Å²) in [5.74, 6) is 0. The number of rotatable bonds is 4. The summed E-state index contributed by atoms with van der Waals surface area (Å²) < 4.78 is 0. The summed E-state index contributed by atoms with van der Waals surface area (Å²) in [4.78, 5) is 28.5. The van der Waals surface area contributed by atoms with Crippen LogP contribution >= 0.6 is 12.4 Å². The average molecular weight is 870 g/mol. The zero-order valence-electron chi connectivity index (χ0n) is 36.9. The molecular weight excluding hydrogens is 820 g/mol. The first kappa shape index (κ1) is 40.2. The standard InChI is InChI=1S/C56H48N8.ClH/c1-61-27-11-15-38(31-61)53-42-19-21-44(57-42)54(39-28-35-12-5-8-16-50(35)62(2)32-39)46-23-25-48(59-46)56(41-30-37-14-7-10-18-52(37)64(4)34-41)49-26-24-47(60-49)55(45-22-20-43(53)58-45)40-29-36-13-6-9-17-51(36)63(3)33-40;/h5-30,57,60H,31-34H2,1-4H3;1H. The molecule has 9 heteroatoms. The number of fused-ring (bicyclic) bond motifs is 11. The normalized spacial score (nSPS) is 16.0. The van der Waals surface area contributed by atoms with Gasteiger partial charge in [0.1, 0.15) is 0 Å². The minimum absolute atomic E-state index is 0. The second-order valence-corrected chi connectivity index (χ2v) is 17.7. The van der Waals surface area contributed by atoms with Crippen LogP contribution in [-0.4, -0.2) is 79.2 Å². The topological polar surface area (TPSA) is 70.3 Å². The van der Waals surface area contributed by atoms with Crippen molar-refractivity contribution in [2.24, 2.45) is 0 Å². The van der Waals surface area contributed by atoms with Crippen LogP contribution in [0.5, 0.6) is 0 Å². The molecular formula is C56H49ClN8. The van der Waals surface area contributed by atoms with Gasteiger partial charge in [-0.3, -0.25) is 0 Å². The maximum Gasteiger partial charge on any atom is 0.0734 e. The summed E-state index contributed by atoms with van der Waals surface area (Å²) >= 11 is 0. The number of aromatic amines is 2. The first-order chi connectivity index (χ1) is 31.3. The van der Waals surface area contributed by atoms with Gasteiger partial charge in [0.2, 0.25) is 0 Å². The Balaban J connectivity index is 0.00000469. The number of likely N-dealkylation sites (N-methyl/N-ethyl adjacent to an activating group) is 4. The predicted octanol–water partition coefficient (Wildman–Crippen LogP) is 11.9. The van der Waals surface area contributed by atoms with Crippen molar-refractivity contribution in [2.75, 3.05) is 69.1 Å². The van der Waals surface area contributed by atoms with E-state index in [-0.39, 0.29) is 12.4 Å².